The molecule has 2 N–H and O–H groups in total. The average molecular weight is 231 g/mol. The predicted molar refractivity (Wildman–Crippen MR) is 67.8 cm³/mol. The van der Waals surface area contributed by atoms with Gasteiger partial charge in [-0.3, -0.25) is 15.1 Å². The van der Waals surface area contributed by atoms with Gasteiger partial charge in [0, 0.05) is 6.54 Å². The zero-order valence-corrected chi connectivity index (χ0v) is 10.4. The van der Waals surface area contributed by atoms with Crippen molar-refractivity contribution in [3.63, 3.8) is 0 Å². The van der Waals surface area contributed by atoms with Crippen LogP contribution in [0.1, 0.15) is 25.0 Å². The number of aryl methyl sites for hydroxylation is 1. The van der Waals surface area contributed by atoms with Crippen molar-refractivity contribution >= 4 is 11.9 Å². The quantitative estimate of drug-likeness (QED) is 0.806. The fraction of sp³-hybridized carbons (Fsp3) is 0.385. The minimum absolute atomic E-state index is 0.0565. The highest BCUT2D eigenvalue weighted by atomic mass is 16.2. The number of benzene rings is 1. The van der Waals surface area contributed by atoms with E-state index in [1.165, 1.54) is 0 Å². The van der Waals surface area contributed by atoms with Gasteiger partial charge < -0.3 is 5.32 Å². The highest BCUT2D eigenvalue weighted by molar-refractivity contribution is 6.09. The van der Waals surface area contributed by atoms with Crippen LogP contribution in [0.5, 0.6) is 0 Å². The third-order valence-electron chi connectivity index (χ3n) is 3.05. The molecule has 1 aliphatic rings. The topological polar surface area (TPSA) is 53.5 Å². The molecule has 0 aromatic heterocycles. The number of carbonyl (C=O) groups excluding carboxylic acids is 1. The zero-order valence-electron chi connectivity index (χ0n) is 10.4. The van der Waals surface area contributed by atoms with E-state index in [2.05, 4.69) is 15.6 Å². The number of amides is 1. The van der Waals surface area contributed by atoms with E-state index in [0.717, 1.165) is 11.1 Å². The van der Waals surface area contributed by atoms with Crippen molar-refractivity contribution in [1.29, 1.82) is 0 Å². The van der Waals surface area contributed by atoms with E-state index in [-0.39, 0.29) is 5.91 Å². The van der Waals surface area contributed by atoms with Gasteiger partial charge in [-0.05, 0) is 31.9 Å². The minimum Gasteiger partial charge on any atom is -0.338 e. The van der Waals surface area contributed by atoms with Gasteiger partial charge in [-0.25, -0.2) is 0 Å². The van der Waals surface area contributed by atoms with E-state index in [9.17, 15) is 4.79 Å². The fourth-order valence-corrected chi connectivity index (χ4v) is 2.12. The van der Waals surface area contributed by atoms with Crippen LogP contribution in [0, 0.1) is 6.92 Å². The van der Waals surface area contributed by atoms with Crippen LogP contribution in [0.25, 0.3) is 0 Å². The Labute approximate surface area is 101 Å². The molecule has 1 aliphatic heterocycles. The molecule has 1 amide bonds. The molecule has 4 heteroatoms. The maximum absolute atomic E-state index is 12.1. The molecule has 0 spiro atoms. The first-order chi connectivity index (χ1) is 8.08. The summed E-state index contributed by atoms with van der Waals surface area (Å²) in [6, 6.07) is 7.88. The molecular formula is C13H17N3O. The normalized spacial score (nSPS) is 25.8. The molecule has 1 heterocycles. The molecule has 2 rings (SSSR count). The summed E-state index contributed by atoms with van der Waals surface area (Å²) >= 11 is 0. The van der Waals surface area contributed by atoms with Gasteiger partial charge in [0.1, 0.15) is 5.54 Å². The first-order valence-electron chi connectivity index (χ1n) is 5.78. The molecule has 0 radical (unpaired) electrons. The lowest BCUT2D eigenvalue weighted by molar-refractivity contribution is -0.123. The van der Waals surface area contributed by atoms with Crippen molar-refractivity contribution in [2.75, 3.05) is 6.54 Å². The second kappa shape index (κ2) is 4.20. The summed E-state index contributed by atoms with van der Waals surface area (Å²) in [5.74, 6) is 0.502. The van der Waals surface area contributed by atoms with Crippen LogP contribution >= 0.6 is 0 Å². The van der Waals surface area contributed by atoms with Crippen LogP contribution in [-0.4, -0.2) is 18.4 Å². The summed E-state index contributed by atoms with van der Waals surface area (Å²) in [5.41, 5.74) is 1.36. The standard InChI is InChI=1S/C13H17N3O/c1-4-14-12-15-11(17)13(3,16-12)10-8-6-5-7-9(10)2/h5-8H,4H2,1-3H3,(H2,14,15,16,17). The van der Waals surface area contributed by atoms with Gasteiger partial charge >= 0.3 is 0 Å². The van der Waals surface area contributed by atoms with Crippen LogP contribution in [0.2, 0.25) is 0 Å². The first-order valence-corrected chi connectivity index (χ1v) is 5.78. The Morgan fingerprint density at radius 1 is 1.35 bits per heavy atom. The van der Waals surface area contributed by atoms with E-state index in [1.54, 1.807) is 0 Å². The number of aliphatic imine (C=N–C) groups is 1. The molecule has 1 saturated heterocycles. The van der Waals surface area contributed by atoms with E-state index in [0.29, 0.717) is 12.5 Å². The molecule has 4 nitrogen and oxygen atoms in total. The van der Waals surface area contributed by atoms with E-state index >= 15 is 0 Å². The van der Waals surface area contributed by atoms with Gasteiger partial charge in [-0.1, -0.05) is 24.3 Å². The largest absolute Gasteiger partial charge is 0.338 e. The molecule has 1 fully saturated rings. The lowest BCUT2D eigenvalue weighted by Crippen LogP contribution is -2.41. The van der Waals surface area contributed by atoms with Crippen LogP contribution in [0.15, 0.2) is 29.3 Å². The van der Waals surface area contributed by atoms with Crippen molar-refractivity contribution in [1.82, 2.24) is 10.6 Å². The van der Waals surface area contributed by atoms with Gasteiger partial charge in [0.15, 0.2) is 5.96 Å². The molecule has 0 bridgehead atoms. The molecule has 0 aliphatic carbocycles. The van der Waals surface area contributed by atoms with Crippen molar-refractivity contribution in [2.45, 2.75) is 26.3 Å². The Balaban J connectivity index is 2.41. The SMILES string of the molecule is CCN=C1NC(=O)C(C)(c2ccccc2C)N1. The Morgan fingerprint density at radius 3 is 2.71 bits per heavy atom. The number of carbonyl (C=O) groups is 1. The number of rotatable bonds is 2. The van der Waals surface area contributed by atoms with Gasteiger partial charge in [0.25, 0.3) is 5.91 Å². The summed E-state index contributed by atoms with van der Waals surface area (Å²) in [6.07, 6.45) is 0. The fourth-order valence-electron chi connectivity index (χ4n) is 2.12. The monoisotopic (exact) mass is 231 g/mol. The average Bonchev–Trinajstić information content (AvgIpc) is 2.56. The van der Waals surface area contributed by atoms with Crippen LogP contribution < -0.4 is 10.6 Å². The summed E-state index contributed by atoms with van der Waals surface area (Å²) in [6.45, 7) is 6.46. The second-order valence-electron chi connectivity index (χ2n) is 4.34. The van der Waals surface area contributed by atoms with Gasteiger partial charge in [-0.15, -0.1) is 0 Å². The number of hydrogen-bond donors (Lipinski definition) is 2. The Hall–Kier alpha value is -1.84. The smallest absolute Gasteiger partial charge is 0.256 e. The number of nitrogens with one attached hydrogen (secondary N) is 2. The highest BCUT2D eigenvalue weighted by Gasteiger charge is 2.42. The number of guanidine groups is 1. The van der Waals surface area contributed by atoms with Crippen LogP contribution in [0.3, 0.4) is 0 Å². The number of nitrogens with zero attached hydrogens (tertiary/aromatic N) is 1. The second-order valence-corrected chi connectivity index (χ2v) is 4.34. The van der Waals surface area contributed by atoms with Crippen molar-refractivity contribution < 1.29 is 4.79 Å². The molecule has 1 aromatic carbocycles. The Bertz CT molecular complexity index is 481. The highest BCUT2D eigenvalue weighted by Crippen LogP contribution is 2.26. The maximum Gasteiger partial charge on any atom is 0.256 e. The summed E-state index contributed by atoms with van der Waals surface area (Å²) in [7, 11) is 0. The van der Waals surface area contributed by atoms with Crippen molar-refractivity contribution in [3.8, 4) is 0 Å². The van der Waals surface area contributed by atoms with E-state index < -0.39 is 5.54 Å². The molecule has 1 atom stereocenters. The number of hydrogen-bond acceptors (Lipinski definition) is 2. The van der Waals surface area contributed by atoms with E-state index in [1.807, 2.05) is 45.0 Å². The Kier molecular flexibility index (Phi) is 2.88. The minimum atomic E-state index is -0.723. The summed E-state index contributed by atoms with van der Waals surface area (Å²) in [5, 5.41) is 5.94. The third kappa shape index (κ3) is 1.90. The van der Waals surface area contributed by atoms with Crippen LogP contribution in [0.4, 0.5) is 0 Å². The van der Waals surface area contributed by atoms with Crippen LogP contribution in [-0.2, 0) is 10.3 Å². The molecule has 1 unspecified atom stereocenters. The lowest BCUT2D eigenvalue weighted by Gasteiger charge is -2.23. The molecular weight excluding hydrogens is 214 g/mol. The first kappa shape index (κ1) is 11.6. The molecule has 90 valence electrons. The molecule has 17 heavy (non-hydrogen) atoms. The lowest BCUT2D eigenvalue weighted by atomic mass is 9.89. The van der Waals surface area contributed by atoms with Crippen molar-refractivity contribution in [2.24, 2.45) is 4.99 Å². The third-order valence-corrected chi connectivity index (χ3v) is 3.05. The summed E-state index contributed by atoms with van der Waals surface area (Å²) in [4.78, 5) is 16.3. The van der Waals surface area contributed by atoms with Gasteiger partial charge in [0.05, 0.1) is 0 Å². The van der Waals surface area contributed by atoms with Gasteiger partial charge in [-0.2, -0.15) is 0 Å². The maximum atomic E-state index is 12.1. The zero-order chi connectivity index (χ0) is 12.5. The molecule has 0 saturated carbocycles. The Morgan fingerprint density at radius 2 is 2.06 bits per heavy atom. The molecule has 1 aromatic rings. The van der Waals surface area contributed by atoms with E-state index in [4.69, 9.17) is 0 Å². The van der Waals surface area contributed by atoms with Crippen molar-refractivity contribution in [3.05, 3.63) is 35.4 Å². The predicted octanol–water partition coefficient (Wildman–Crippen LogP) is 1.31. The summed E-state index contributed by atoms with van der Waals surface area (Å²) < 4.78 is 0. The van der Waals surface area contributed by atoms with Gasteiger partial charge in [0.2, 0.25) is 0 Å².